The Labute approximate surface area is 108 Å². The second kappa shape index (κ2) is 5.17. The van der Waals surface area contributed by atoms with Gasteiger partial charge in [0.1, 0.15) is 12.0 Å². The van der Waals surface area contributed by atoms with Crippen LogP contribution in [-0.4, -0.2) is 11.3 Å². The first-order chi connectivity index (χ1) is 9.01. The Morgan fingerprint density at radius 1 is 1.32 bits per heavy atom. The minimum atomic E-state index is -0.943. The molecule has 1 aromatic heterocycles. The highest BCUT2D eigenvalue weighted by atomic mass is 19.1. The molecule has 0 N–H and O–H groups in total. The zero-order valence-electron chi connectivity index (χ0n) is 10.4. The number of rotatable bonds is 4. The van der Waals surface area contributed by atoms with E-state index < -0.39 is 17.4 Å². The summed E-state index contributed by atoms with van der Waals surface area (Å²) >= 11 is 0. The summed E-state index contributed by atoms with van der Waals surface area (Å²) in [6.45, 7) is 3.29. The van der Waals surface area contributed by atoms with Gasteiger partial charge >= 0.3 is 0 Å². The van der Waals surface area contributed by atoms with Crippen molar-refractivity contribution in [1.29, 1.82) is 0 Å². The summed E-state index contributed by atoms with van der Waals surface area (Å²) in [5.74, 6) is -1.59. The van der Waals surface area contributed by atoms with Gasteiger partial charge in [-0.25, -0.2) is 13.8 Å². The van der Waals surface area contributed by atoms with Gasteiger partial charge < -0.3 is 9.15 Å². The van der Waals surface area contributed by atoms with Gasteiger partial charge in [-0.2, -0.15) is 0 Å². The molecule has 1 heterocycles. The lowest BCUT2D eigenvalue weighted by molar-refractivity contribution is 0.112. The number of carbonyl (C=O) groups is 1. The van der Waals surface area contributed by atoms with Gasteiger partial charge in [0.2, 0.25) is 5.89 Å². The zero-order valence-corrected chi connectivity index (χ0v) is 10.4. The molecule has 19 heavy (non-hydrogen) atoms. The molecule has 0 aliphatic heterocycles. The summed E-state index contributed by atoms with van der Waals surface area (Å²) in [4.78, 5) is 14.5. The van der Waals surface area contributed by atoms with Crippen molar-refractivity contribution in [2.45, 2.75) is 20.5 Å². The number of nitrogens with zero attached hydrogens (tertiary/aromatic N) is 1. The number of aldehydes is 1. The molecule has 0 saturated heterocycles. The van der Waals surface area contributed by atoms with E-state index in [1.54, 1.807) is 13.8 Å². The van der Waals surface area contributed by atoms with Crippen molar-refractivity contribution >= 4 is 6.29 Å². The van der Waals surface area contributed by atoms with Crippen LogP contribution in [0.4, 0.5) is 8.78 Å². The van der Waals surface area contributed by atoms with E-state index in [1.165, 1.54) is 0 Å². The normalized spacial score (nSPS) is 10.5. The third-order valence-electron chi connectivity index (χ3n) is 2.57. The van der Waals surface area contributed by atoms with Gasteiger partial charge in [-0.15, -0.1) is 0 Å². The Kier molecular flexibility index (Phi) is 3.59. The molecule has 0 aliphatic carbocycles. The first-order valence-corrected chi connectivity index (χ1v) is 5.51. The zero-order chi connectivity index (χ0) is 14.0. The third-order valence-corrected chi connectivity index (χ3v) is 2.57. The number of halogens is 2. The van der Waals surface area contributed by atoms with Crippen LogP contribution < -0.4 is 4.74 Å². The summed E-state index contributed by atoms with van der Waals surface area (Å²) in [6.07, 6.45) is 0.358. The molecule has 0 saturated carbocycles. The molecule has 0 atom stereocenters. The second-order valence-electron chi connectivity index (χ2n) is 3.97. The molecule has 0 radical (unpaired) electrons. The fourth-order valence-electron chi connectivity index (χ4n) is 1.52. The highest BCUT2D eigenvalue weighted by Crippen LogP contribution is 2.24. The van der Waals surface area contributed by atoms with E-state index in [-0.39, 0.29) is 18.1 Å². The lowest BCUT2D eigenvalue weighted by Gasteiger charge is -2.06. The van der Waals surface area contributed by atoms with E-state index in [0.717, 1.165) is 12.1 Å². The fourth-order valence-corrected chi connectivity index (χ4v) is 1.52. The predicted octanol–water partition coefficient (Wildman–Crippen LogP) is 2.96. The summed E-state index contributed by atoms with van der Waals surface area (Å²) in [5.41, 5.74) is 0.598. The predicted molar refractivity (Wildman–Crippen MR) is 62.1 cm³/mol. The van der Waals surface area contributed by atoms with Gasteiger partial charge in [0, 0.05) is 5.56 Å². The topological polar surface area (TPSA) is 52.3 Å². The number of hydrogen-bond donors (Lipinski definition) is 0. The lowest BCUT2D eigenvalue weighted by atomic mass is 10.2. The van der Waals surface area contributed by atoms with Crippen LogP contribution in [0.1, 0.15) is 27.7 Å². The van der Waals surface area contributed by atoms with E-state index in [4.69, 9.17) is 9.15 Å². The fraction of sp³-hybridized carbons (Fsp3) is 0.231. The van der Waals surface area contributed by atoms with Crippen molar-refractivity contribution in [1.82, 2.24) is 4.98 Å². The summed E-state index contributed by atoms with van der Waals surface area (Å²) < 4.78 is 37.2. The van der Waals surface area contributed by atoms with E-state index in [0.29, 0.717) is 17.7 Å². The van der Waals surface area contributed by atoms with Crippen molar-refractivity contribution in [3.8, 4) is 5.75 Å². The quantitative estimate of drug-likeness (QED) is 0.799. The van der Waals surface area contributed by atoms with Crippen LogP contribution in [0.2, 0.25) is 0 Å². The Morgan fingerprint density at radius 3 is 2.42 bits per heavy atom. The van der Waals surface area contributed by atoms with Crippen molar-refractivity contribution in [3.63, 3.8) is 0 Å². The number of hydrogen-bond acceptors (Lipinski definition) is 4. The van der Waals surface area contributed by atoms with Gasteiger partial charge in [0.05, 0.1) is 5.69 Å². The number of ether oxygens (including phenoxy) is 1. The van der Waals surface area contributed by atoms with Crippen LogP contribution in [0.15, 0.2) is 16.5 Å². The average molecular weight is 267 g/mol. The van der Waals surface area contributed by atoms with Crippen LogP contribution in [-0.2, 0) is 6.61 Å². The minimum absolute atomic E-state index is 0.0924. The molecule has 0 aliphatic rings. The summed E-state index contributed by atoms with van der Waals surface area (Å²) in [5, 5.41) is 0. The monoisotopic (exact) mass is 267 g/mol. The average Bonchev–Trinajstić information content (AvgIpc) is 2.67. The Morgan fingerprint density at radius 2 is 1.95 bits per heavy atom. The number of aromatic nitrogens is 1. The standard InChI is InChI=1S/C13H11F2NO3/c1-7-8(2)19-12(16-7)6-18-13-10(14)3-9(5-17)4-11(13)15/h3-5H,6H2,1-2H3. The lowest BCUT2D eigenvalue weighted by Crippen LogP contribution is -2.01. The van der Waals surface area contributed by atoms with Gasteiger partial charge in [0.15, 0.2) is 24.0 Å². The molecule has 0 spiro atoms. The molecule has 1 aromatic carbocycles. The third kappa shape index (κ3) is 2.78. The first-order valence-electron chi connectivity index (χ1n) is 5.51. The second-order valence-corrected chi connectivity index (χ2v) is 3.97. The molecule has 0 fully saturated rings. The number of carbonyl (C=O) groups excluding carboxylic acids is 1. The number of aryl methyl sites for hydroxylation is 2. The molecule has 100 valence electrons. The minimum Gasteiger partial charge on any atom is -0.478 e. The highest BCUT2D eigenvalue weighted by molar-refractivity contribution is 5.75. The number of benzene rings is 1. The molecule has 0 bridgehead atoms. The molecule has 6 heteroatoms. The molecule has 2 rings (SSSR count). The Bertz CT molecular complexity index is 580. The maximum atomic E-state index is 13.5. The van der Waals surface area contributed by atoms with E-state index in [1.807, 2.05) is 0 Å². The molecular weight excluding hydrogens is 256 g/mol. The molecule has 4 nitrogen and oxygen atoms in total. The van der Waals surface area contributed by atoms with Crippen LogP contribution in [0, 0.1) is 25.5 Å². The van der Waals surface area contributed by atoms with Crippen LogP contribution in [0.25, 0.3) is 0 Å². The van der Waals surface area contributed by atoms with E-state index in [2.05, 4.69) is 4.98 Å². The Hall–Kier alpha value is -2.24. The largest absolute Gasteiger partial charge is 0.478 e. The van der Waals surface area contributed by atoms with Crippen LogP contribution in [0.5, 0.6) is 5.75 Å². The van der Waals surface area contributed by atoms with Crippen molar-refractivity contribution < 1.29 is 22.7 Å². The van der Waals surface area contributed by atoms with Gasteiger partial charge in [-0.05, 0) is 26.0 Å². The van der Waals surface area contributed by atoms with Crippen molar-refractivity contribution in [2.24, 2.45) is 0 Å². The van der Waals surface area contributed by atoms with Crippen LogP contribution in [0.3, 0.4) is 0 Å². The van der Waals surface area contributed by atoms with E-state index in [9.17, 15) is 13.6 Å². The smallest absolute Gasteiger partial charge is 0.232 e. The molecule has 0 unspecified atom stereocenters. The summed E-state index contributed by atoms with van der Waals surface area (Å²) in [6, 6.07) is 1.80. The van der Waals surface area contributed by atoms with E-state index >= 15 is 0 Å². The van der Waals surface area contributed by atoms with Crippen LogP contribution >= 0.6 is 0 Å². The Balaban J connectivity index is 2.17. The summed E-state index contributed by atoms with van der Waals surface area (Å²) in [7, 11) is 0. The molecule has 0 amide bonds. The highest BCUT2D eigenvalue weighted by Gasteiger charge is 2.14. The molecular formula is C13H11F2NO3. The number of oxazole rings is 1. The van der Waals surface area contributed by atoms with Gasteiger partial charge in [-0.1, -0.05) is 0 Å². The van der Waals surface area contributed by atoms with Gasteiger partial charge in [0.25, 0.3) is 0 Å². The molecule has 2 aromatic rings. The van der Waals surface area contributed by atoms with Gasteiger partial charge in [-0.3, -0.25) is 4.79 Å². The maximum absolute atomic E-state index is 13.5. The maximum Gasteiger partial charge on any atom is 0.232 e. The first kappa shape index (κ1) is 13.2. The van der Waals surface area contributed by atoms with Crippen molar-refractivity contribution in [2.75, 3.05) is 0 Å². The SMILES string of the molecule is Cc1nc(COc2c(F)cc(C=O)cc2F)oc1C. The van der Waals surface area contributed by atoms with Crippen molar-refractivity contribution in [3.05, 3.63) is 46.7 Å².